The molecule has 4 N–H and O–H groups in total. The van der Waals surface area contributed by atoms with Gasteiger partial charge in [-0.2, -0.15) is 0 Å². The van der Waals surface area contributed by atoms with Crippen molar-refractivity contribution in [2.24, 2.45) is 5.73 Å². The first-order valence-corrected chi connectivity index (χ1v) is 12.0. The normalized spacial score (nSPS) is 22.1. The van der Waals surface area contributed by atoms with Crippen molar-refractivity contribution in [2.75, 3.05) is 6.54 Å². The molecule has 4 amide bonds. The maximum Gasteiger partial charge on any atom is 0.246 e. The Balaban J connectivity index is 1.84. The minimum Gasteiger partial charge on any atom is -0.368 e. The van der Waals surface area contributed by atoms with Crippen LogP contribution in [0, 0.1) is 7.53 Å². The molecule has 1 aromatic rings. The molecule has 0 aliphatic carbocycles. The van der Waals surface area contributed by atoms with Gasteiger partial charge < -0.3 is 25.8 Å². The van der Waals surface area contributed by atoms with E-state index in [0.717, 1.165) is 14.1 Å². The Hall–Kier alpha value is -1.45. The molecule has 0 radical (unpaired) electrons. The first-order valence-electron chi connectivity index (χ1n) is 9.82. The number of rotatable bonds is 7. The van der Waals surface area contributed by atoms with E-state index in [0.29, 0.717) is 31.5 Å². The summed E-state index contributed by atoms with van der Waals surface area (Å²) in [6.45, 7) is 3.15. The van der Waals surface area contributed by atoms with Gasteiger partial charge in [0.25, 0.3) is 0 Å². The zero-order chi connectivity index (χ0) is 22.0. The SMILES string of the molecule is CCn1c(I)nc(C[C@H](NC(=O)[C@@H]2CCC(=O)N2)C(=O)N2CCC[C@H]2C(N)=O)c1I. The zero-order valence-electron chi connectivity index (χ0n) is 16.5. The summed E-state index contributed by atoms with van der Waals surface area (Å²) in [5.74, 6) is -1.50. The molecule has 1 aromatic heterocycles. The third kappa shape index (κ3) is 4.89. The Morgan fingerprint density at radius 2 is 2.07 bits per heavy atom. The van der Waals surface area contributed by atoms with Crippen LogP contribution in [-0.4, -0.2) is 62.7 Å². The number of halogens is 2. The van der Waals surface area contributed by atoms with Gasteiger partial charge in [0.15, 0.2) is 3.83 Å². The van der Waals surface area contributed by atoms with Gasteiger partial charge in [-0.3, -0.25) is 19.2 Å². The molecule has 0 aromatic carbocycles. The molecule has 2 aliphatic rings. The second kappa shape index (κ2) is 9.78. The van der Waals surface area contributed by atoms with E-state index < -0.39 is 29.9 Å². The van der Waals surface area contributed by atoms with Crippen LogP contribution in [0.3, 0.4) is 0 Å². The number of carbonyl (C=O) groups excluding carboxylic acids is 4. The number of nitrogens with two attached hydrogens (primary N) is 1. The summed E-state index contributed by atoms with van der Waals surface area (Å²) >= 11 is 4.32. The highest BCUT2D eigenvalue weighted by Crippen LogP contribution is 2.22. The molecule has 30 heavy (non-hydrogen) atoms. The fourth-order valence-corrected chi connectivity index (χ4v) is 6.10. The van der Waals surface area contributed by atoms with Gasteiger partial charge in [0.2, 0.25) is 23.6 Å². The maximum atomic E-state index is 13.3. The van der Waals surface area contributed by atoms with Gasteiger partial charge in [0.05, 0.1) is 5.69 Å². The molecule has 0 saturated carbocycles. The number of imidazole rings is 1. The van der Waals surface area contributed by atoms with Crippen LogP contribution in [0.25, 0.3) is 0 Å². The number of aromatic nitrogens is 2. The van der Waals surface area contributed by atoms with Crippen molar-refractivity contribution in [3.63, 3.8) is 0 Å². The number of hydrogen-bond acceptors (Lipinski definition) is 5. The lowest BCUT2D eigenvalue weighted by Crippen LogP contribution is -2.56. The standard InChI is InChI=1S/C18H24I2N6O4/c1-2-25-14(19)10(24-18(25)20)8-11(23-16(29)9-5-6-13(27)22-9)17(30)26-7-3-4-12(26)15(21)28/h9,11-12H,2-8H2,1H3,(H2,21,28)(H,22,27)(H,23,29)/t9-,11-,12-/m0/s1. The van der Waals surface area contributed by atoms with Crippen molar-refractivity contribution >= 4 is 68.8 Å². The molecule has 2 saturated heterocycles. The number of hydrogen-bond donors (Lipinski definition) is 3. The number of carbonyl (C=O) groups is 4. The fourth-order valence-electron chi connectivity index (χ4n) is 3.86. The minimum absolute atomic E-state index is 0.183. The molecule has 3 rings (SSSR count). The van der Waals surface area contributed by atoms with Gasteiger partial charge in [-0.1, -0.05) is 0 Å². The smallest absolute Gasteiger partial charge is 0.246 e. The lowest BCUT2D eigenvalue weighted by Gasteiger charge is -2.28. The van der Waals surface area contributed by atoms with Crippen molar-refractivity contribution in [1.29, 1.82) is 0 Å². The highest BCUT2D eigenvalue weighted by atomic mass is 127. The second-order valence-corrected chi connectivity index (χ2v) is 9.37. The van der Waals surface area contributed by atoms with E-state index in [1.165, 1.54) is 4.90 Å². The molecule has 0 unspecified atom stereocenters. The van der Waals surface area contributed by atoms with Crippen molar-refractivity contribution in [2.45, 2.75) is 63.7 Å². The van der Waals surface area contributed by atoms with E-state index in [2.05, 4.69) is 60.8 Å². The van der Waals surface area contributed by atoms with Gasteiger partial charge in [0.1, 0.15) is 21.8 Å². The molecule has 10 nitrogen and oxygen atoms in total. The van der Waals surface area contributed by atoms with Crippen molar-refractivity contribution in [3.05, 3.63) is 13.2 Å². The van der Waals surface area contributed by atoms with Crippen LogP contribution >= 0.6 is 45.2 Å². The molecule has 2 aliphatic heterocycles. The monoisotopic (exact) mass is 642 g/mol. The largest absolute Gasteiger partial charge is 0.368 e. The Morgan fingerprint density at radius 3 is 2.63 bits per heavy atom. The predicted octanol–water partition coefficient (Wildman–Crippen LogP) is -0.106. The lowest BCUT2D eigenvalue weighted by atomic mass is 10.1. The summed E-state index contributed by atoms with van der Waals surface area (Å²) in [5.41, 5.74) is 6.17. The van der Waals surface area contributed by atoms with Crippen LogP contribution in [0.15, 0.2) is 0 Å². The molecule has 0 bridgehead atoms. The molecular weight excluding hydrogens is 618 g/mol. The number of nitrogens with zero attached hydrogens (tertiary/aromatic N) is 3. The van der Waals surface area contributed by atoms with E-state index in [4.69, 9.17) is 5.73 Å². The molecule has 12 heteroatoms. The highest BCUT2D eigenvalue weighted by molar-refractivity contribution is 14.1. The van der Waals surface area contributed by atoms with Crippen molar-refractivity contribution < 1.29 is 19.2 Å². The van der Waals surface area contributed by atoms with Gasteiger partial charge in [-0.25, -0.2) is 4.98 Å². The van der Waals surface area contributed by atoms with Crippen molar-refractivity contribution in [1.82, 2.24) is 25.1 Å². The molecule has 0 spiro atoms. The van der Waals surface area contributed by atoms with Crippen LogP contribution in [-0.2, 0) is 32.1 Å². The second-order valence-electron chi connectivity index (χ2n) is 7.38. The average Bonchev–Trinajstić information content (AvgIpc) is 3.40. The summed E-state index contributed by atoms with van der Waals surface area (Å²) < 4.78 is 3.71. The fraction of sp³-hybridized carbons (Fsp3) is 0.611. The van der Waals surface area contributed by atoms with Crippen LogP contribution in [0.5, 0.6) is 0 Å². The Morgan fingerprint density at radius 1 is 1.33 bits per heavy atom. The summed E-state index contributed by atoms with van der Waals surface area (Å²) in [6.07, 6.45) is 2.05. The highest BCUT2D eigenvalue weighted by Gasteiger charge is 2.38. The van der Waals surface area contributed by atoms with E-state index in [9.17, 15) is 19.2 Å². The quantitative estimate of drug-likeness (QED) is 0.357. The summed E-state index contributed by atoms with van der Waals surface area (Å²) in [4.78, 5) is 55.3. The van der Waals surface area contributed by atoms with Gasteiger partial charge >= 0.3 is 0 Å². The Labute approximate surface area is 201 Å². The van der Waals surface area contributed by atoms with Gasteiger partial charge in [-0.05, 0) is 71.4 Å². The average molecular weight is 642 g/mol. The predicted molar refractivity (Wildman–Crippen MR) is 124 cm³/mol. The number of likely N-dealkylation sites (tertiary alicyclic amines) is 1. The molecular formula is C18H24I2N6O4. The van der Waals surface area contributed by atoms with Gasteiger partial charge in [0, 0.05) is 25.9 Å². The third-order valence-corrected chi connectivity index (χ3v) is 7.46. The van der Waals surface area contributed by atoms with Crippen LogP contribution < -0.4 is 16.4 Å². The van der Waals surface area contributed by atoms with Crippen LogP contribution in [0.2, 0.25) is 0 Å². The first kappa shape index (κ1) is 23.2. The number of amides is 4. The van der Waals surface area contributed by atoms with Crippen LogP contribution in [0.1, 0.15) is 38.3 Å². The minimum atomic E-state index is -0.903. The van der Waals surface area contributed by atoms with Crippen LogP contribution in [0.4, 0.5) is 0 Å². The van der Waals surface area contributed by atoms with E-state index in [1.54, 1.807) is 0 Å². The van der Waals surface area contributed by atoms with E-state index in [-0.39, 0.29) is 24.7 Å². The molecule has 3 heterocycles. The number of primary amides is 1. The summed E-state index contributed by atoms with van der Waals surface area (Å²) in [5, 5.41) is 5.41. The topological polar surface area (TPSA) is 139 Å². The Kier molecular flexibility index (Phi) is 7.57. The molecule has 2 fully saturated rings. The Bertz CT molecular complexity index is 873. The molecule has 164 valence electrons. The van der Waals surface area contributed by atoms with Crippen molar-refractivity contribution in [3.8, 4) is 0 Å². The maximum absolute atomic E-state index is 13.3. The lowest BCUT2D eigenvalue weighted by molar-refractivity contribution is -0.140. The summed E-state index contributed by atoms with van der Waals surface area (Å²) in [6, 6.07) is -2.24. The summed E-state index contributed by atoms with van der Waals surface area (Å²) in [7, 11) is 0. The molecule has 3 atom stereocenters. The van der Waals surface area contributed by atoms with E-state index >= 15 is 0 Å². The zero-order valence-corrected chi connectivity index (χ0v) is 20.8. The number of nitrogens with one attached hydrogen (secondary N) is 2. The van der Waals surface area contributed by atoms with E-state index in [1.807, 2.05) is 11.5 Å². The van der Waals surface area contributed by atoms with Gasteiger partial charge in [-0.15, -0.1) is 0 Å². The first-order chi connectivity index (χ1) is 14.2. The third-order valence-electron chi connectivity index (χ3n) is 5.43.